The lowest BCUT2D eigenvalue weighted by Crippen LogP contribution is -2.26. The Balaban J connectivity index is 1.57. The molecule has 0 amide bonds. The van der Waals surface area contributed by atoms with E-state index in [0.29, 0.717) is 12.6 Å². The van der Waals surface area contributed by atoms with Crippen LogP contribution in [0.25, 0.3) is 22.2 Å². The monoisotopic (exact) mass is 355 g/mol. The highest BCUT2D eigenvalue weighted by Crippen LogP contribution is 2.34. The zero-order valence-electron chi connectivity index (χ0n) is 14.8. The number of fused-ring (bicyclic) bond motifs is 1. The van der Waals surface area contributed by atoms with Crippen LogP contribution in [0.15, 0.2) is 29.8 Å². The number of hydrogen-bond donors (Lipinski definition) is 2. The summed E-state index contributed by atoms with van der Waals surface area (Å²) in [6.45, 7) is 5.03. The van der Waals surface area contributed by atoms with E-state index in [1.54, 1.807) is 11.3 Å². The fourth-order valence-corrected chi connectivity index (χ4v) is 4.56. The number of nitrogens with zero attached hydrogens (tertiary/aromatic N) is 1. The molecule has 25 heavy (non-hydrogen) atoms. The summed E-state index contributed by atoms with van der Waals surface area (Å²) in [7, 11) is 0. The maximum Gasteiger partial charge on any atom is 0.183 e. The van der Waals surface area contributed by atoms with Crippen molar-refractivity contribution in [1.82, 2.24) is 9.97 Å². The van der Waals surface area contributed by atoms with Crippen LogP contribution < -0.4 is 10.1 Å². The van der Waals surface area contributed by atoms with Gasteiger partial charge in [-0.25, -0.2) is 4.98 Å². The van der Waals surface area contributed by atoms with Gasteiger partial charge in [-0.05, 0) is 43.9 Å². The number of ether oxygens (including phenoxy) is 1. The highest BCUT2D eigenvalue weighted by molar-refractivity contribution is 7.14. The fourth-order valence-electron chi connectivity index (χ4n) is 3.77. The van der Waals surface area contributed by atoms with Gasteiger partial charge in [0.2, 0.25) is 0 Å². The smallest absolute Gasteiger partial charge is 0.183 e. The van der Waals surface area contributed by atoms with Gasteiger partial charge in [0.05, 0.1) is 12.3 Å². The molecule has 0 spiro atoms. The molecule has 1 aliphatic carbocycles. The summed E-state index contributed by atoms with van der Waals surface area (Å²) in [4.78, 5) is 8.19. The van der Waals surface area contributed by atoms with Gasteiger partial charge >= 0.3 is 0 Å². The quantitative estimate of drug-likeness (QED) is 0.619. The molecule has 4 rings (SSSR count). The molecule has 0 unspecified atom stereocenters. The summed E-state index contributed by atoms with van der Waals surface area (Å²) < 4.78 is 5.65. The van der Waals surface area contributed by atoms with Gasteiger partial charge in [-0.3, -0.25) is 0 Å². The van der Waals surface area contributed by atoms with Gasteiger partial charge in [0.1, 0.15) is 5.75 Å². The summed E-state index contributed by atoms with van der Waals surface area (Å²) in [5.41, 5.74) is 3.27. The second-order valence-electron chi connectivity index (χ2n) is 6.99. The number of aromatic nitrogens is 2. The number of hydrogen-bond acceptors (Lipinski definition) is 4. The van der Waals surface area contributed by atoms with Crippen molar-refractivity contribution in [3.8, 4) is 17.0 Å². The lowest BCUT2D eigenvalue weighted by molar-refractivity contribution is 0.341. The van der Waals surface area contributed by atoms with Crippen molar-refractivity contribution in [3.63, 3.8) is 0 Å². The van der Waals surface area contributed by atoms with Gasteiger partial charge in [-0.2, -0.15) is 0 Å². The van der Waals surface area contributed by atoms with Crippen molar-refractivity contribution >= 4 is 27.4 Å². The normalized spacial score (nSPS) is 20.7. The van der Waals surface area contributed by atoms with Crippen LogP contribution in [0.5, 0.6) is 5.75 Å². The van der Waals surface area contributed by atoms with Crippen LogP contribution in [-0.2, 0) is 0 Å². The molecule has 0 radical (unpaired) electrons. The van der Waals surface area contributed by atoms with Crippen molar-refractivity contribution in [2.75, 3.05) is 11.9 Å². The lowest BCUT2D eigenvalue weighted by Gasteiger charge is -2.27. The van der Waals surface area contributed by atoms with Crippen molar-refractivity contribution in [2.24, 2.45) is 5.92 Å². The summed E-state index contributed by atoms with van der Waals surface area (Å²) >= 11 is 1.70. The molecule has 0 aliphatic heterocycles. The highest BCUT2D eigenvalue weighted by Gasteiger charge is 2.20. The molecule has 1 aromatic carbocycles. The Bertz CT molecular complexity index is 854. The molecule has 0 saturated heterocycles. The minimum absolute atomic E-state index is 0.565. The predicted molar refractivity (Wildman–Crippen MR) is 106 cm³/mol. The molecule has 1 aliphatic rings. The van der Waals surface area contributed by atoms with E-state index in [1.165, 1.54) is 25.7 Å². The summed E-state index contributed by atoms with van der Waals surface area (Å²) in [6, 6.07) is 6.73. The standard InChI is InChI=1S/C20H25N3OS/c1-3-24-15-7-8-18-16(10-15)17(11-21-18)19-12-25-20(23-19)22-14-6-4-5-13(2)9-14/h7-8,10-14,21H,3-6,9H2,1-2H3,(H,22,23)/t13-,14+/m0/s1. The Labute approximate surface area is 152 Å². The third-order valence-corrected chi connectivity index (χ3v) is 5.78. The first-order chi connectivity index (χ1) is 12.2. The maximum absolute atomic E-state index is 5.65. The molecule has 2 atom stereocenters. The van der Waals surface area contributed by atoms with Gasteiger partial charge in [0.25, 0.3) is 0 Å². The average molecular weight is 356 g/mol. The van der Waals surface area contributed by atoms with E-state index in [0.717, 1.165) is 39.0 Å². The van der Waals surface area contributed by atoms with Gasteiger partial charge in [-0.15, -0.1) is 11.3 Å². The SMILES string of the molecule is CCOc1ccc2[nH]cc(-c3csc(N[C@@H]4CCC[C@H](C)C4)n3)c2c1. The summed E-state index contributed by atoms with van der Waals surface area (Å²) in [5, 5.41) is 7.98. The molecule has 1 saturated carbocycles. The van der Waals surface area contributed by atoms with Crippen molar-refractivity contribution < 1.29 is 4.74 Å². The Morgan fingerprint density at radius 2 is 2.28 bits per heavy atom. The van der Waals surface area contributed by atoms with E-state index < -0.39 is 0 Å². The van der Waals surface area contributed by atoms with Crippen LogP contribution in [0.1, 0.15) is 39.5 Å². The molecule has 132 valence electrons. The van der Waals surface area contributed by atoms with E-state index in [1.807, 2.05) is 19.2 Å². The van der Waals surface area contributed by atoms with Gasteiger partial charge in [0.15, 0.2) is 5.13 Å². The van der Waals surface area contributed by atoms with Gasteiger partial charge < -0.3 is 15.0 Å². The zero-order valence-corrected chi connectivity index (χ0v) is 15.7. The Hall–Kier alpha value is -2.01. The number of thiazole rings is 1. The second kappa shape index (κ2) is 7.08. The van der Waals surface area contributed by atoms with Crippen LogP contribution in [0.4, 0.5) is 5.13 Å². The number of anilines is 1. The zero-order chi connectivity index (χ0) is 17.2. The third kappa shape index (κ3) is 3.52. The number of nitrogens with one attached hydrogen (secondary N) is 2. The van der Waals surface area contributed by atoms with Crippen molar-refractivity contribution in [2.45, 2.75) is 45.6 Å². The van der Waals surface area contributed by atoms with E-state index in [2.05, 4.69) is 34.7 Å². The van der Waals surface area contributed by atoms with Crippen molar-refractivity contribution in [1.29, 1.82) is 0 Å². The van der Waals surface area contributed by atoms with Crippen LogP contribution in [0.3, 0.4) is 0 Å². The molecule has 1 fully saturated rings. The van der Waals surface area contributed by atoms with E-state index in [9.17, 15) is 0 Å². The number of aromatic amines is 1. The average Bonchev–Trinajstić information content (AvgIpc) is 3.21. The molecule has 0 bridgehead atoms. The molecule has 4 nitrogen and oxygen atoms in total. The maximum atomic E-state index is 5.65. The Morgan fingerprint density at radius 3 is 3.12 bits per heavy atom. The first-order valence-corrected chi connectivity index (χ1v) is 10.1. The first-order valence-electron chi connectivity index (χ1n) is 9.19. The largest absolute Gasteiger partial charge is 0.494 e. The molecule has 5 heteroatoms. The number of H-pyrrole nitrogens is 1. The number of benzene rings is 1. The van der Waals surface area contributed by atoms with Crippen molar-refractivity contribution in [3.05, 3.63) is 29.8 Å². The lowest BCUT2D eigenvalue weighted by atomic mass is 9.87. The Morgan fingerprint density at radius 1 is 1.36 bits per heavy atom. The first kappa shape index (κ1) is 16.5. The molecular weight excluding hydrogens is 330 g/mol. The van der Waals surface area contributed by atoms with Crippen LogP contribution in [-0.4, -0.2) is 22.6 Å². The molecule has 2 heterocycles. The number of rotatable bonds is 5. The molecule has 3 aromatic rings. The summed E-state index contributed by atoms with van der Waals surface area (Å²) in [5.74, 6) is 1.72. The van der Waals surface area contributed by atoms with Gasteiger partial charge in [-0.1, -0.05) is 19.8 Å². The fraction of sp³-hybridized carbons (Fsp3) is 0.450. The minimum atomic E-state index is 0.565. The van der Waals surface area contributed by atoms with E-state index in [4.69, 9.17) is 9.72 Å². The summed E-state index contributed by atoms with van der Waals surface area (Å²) in [6.07, 6.45) is 7.23. The van der Waals surface area contributed by atoms with Crippen LogP contribution in [0, 0.1) is 5.92 Å². The van der Waals surface area contributed by atoms with E-state index >= 15 is 0 Å². The highest BCUT2D eigenvalue weighted by atomic mass is 32.1. The Kier molecular flexibility index (Phi) is 4.66. The van der Waals surface area contributed by atoms with Gasteiger partial charge in [0, 0.05) is 34.1 Å². The predicted octanol–water partition coefficient (Wildman–Crippen LogP) is 5.68. The molecular formula is C20H25N3OS. The molecule has 2 aromatic heterocycles. The topological polar surface area (TPSA) is 49.9 Å². The van der Waals surface area contributed by atoms with Crippen LogP contribution >= 0.6 is 11.3 Å². The van der Waals surface area contributed by atoms with E-state index in [-0.39, 0.29) is 0 Å². The minimum Gasteiger partial charge on any atom is -0.494 e. The van der Waals surface area contributed by atoms with Crippen LogP contribution in [0.2, 0.25) is 0 Å². The molecule has 2 N–H and O–H groups in total. The third-order valence-electron chi connectivity index (χ3n) is 5.01. The second-order valence-corrected chi connectivity index (χ2v) is 7.85.